The maximum Gasteiger partial charge on any atom is 0.333 e. The van der Waals surface area contributed by atoms with Crippen LogP contribution in [0.1, 0.15) is 0 Å². The summed E-state index contributed by atoms with van der Waals surface area (Å²) in [7, 11) is 2.56. The van der Waals surface area contributed by atoms with Gasteiger partial charge in [0.25, 0.3) is 11.8 Å². The van der Waals surface area contributed by atoms with Gasteiger partial charge in [-0.25, -0.2) is 4.79 Å². The van der Waals surface area contributed by atoms with E-state index >= 15 is 0 Å². The van der Waals surface area contributed by atoms with E-state index in [-0.39, 0.29) is 4.86 Å². The Morgan fingerprint density at radius 1 is 1.00 bits per heavy atom. The van der Waals surface area contributed by atoms with Crippen LogP contribution in [0.2, 0.25) is 0 Å². The minimum absolute atomic E-state index is 0.348. The van der Waals surface area contributed by atoms with E-state index in [1.807, 2.05) is 0 Å². The Morgan fingerprint density at radius 2 is 1.33 bits per heavy atom. The lowest BCUT2D eigenvalue weighted by Gasteiger charge is -2.27. The predicted octanol–water partition coefficient (Wildman–Crippen LogP) is -0.593. The largest absolute Gasteiger partial charge is 0.333 e. The lowest BCUT2D eigenvalue weighted by Crippen LogP contribution is -2.56. The molecule has 1 heterocycles. The van der Waals surface area contributed by atoms with Crippen molar-refractivity contribution >= 4 is 34.9 Å². The number of nitrogens with zero attached hydrogens (tertiary/aromatic N) is 2. The average molecular weight is 186 g/mol. The van der Waals surface area contributed by atoms with Crippen LogP contribution in [-0.2, 0) is 9.59 Å². The molecule has 1 rings (SSSR count). The van der Waals surface area contributed by atoms with E-state index in [0.717, 1.165) is 9.80 Å². The first kappa shape index (κ1) is 8.79. The highest BCUT2D eigenvalue weighted by Gasteiger charge is 2.37. The molecule has 5 nitrogen and oxygen atoms in total. The number of amides is 4. The molecule has 0 bridgehead atoms. The van der Waals surface area contributed by atoms with Gasteiger partial charge in [-0.1, -0.05) is 12.2 Å². The molecule has 1 fully saturated rings. The van der Waals surface area contributed by atoms with Crippen molar-refractivity contribution in [3.63, 3.8) is 0 Å². The highest BCUT2D eigenvalue weighted by Crippen LogP contribution is 2.05. The second-order valence-electron chi connectivity index (χ2n) is 2.34. The third-order valence-electron chi connectivity index (χ3n) is 1.57. The zero-order valence-electron chi connectivity index (χ0n) is 6.53. The fourth-order valence-electron chi connectivity index (χ4n) is 0.795. The van der Waals surface area contributed by atoms with Crippen LogP contribution < -0.4 is 0 Å². The maximum atomic E-state index is 11.0. The van der Waals surface area contributed by atoms with E-state index in [4.69, 9.17) is 0 Å². The smallest absolute Gasteiger partial charge is 0.267 e. The second-order valence-corrected chi connectivity index (χ2v) is 2.75. The van der Waals surface area contributed by atoms with Crippen molar-refractivity contribution < 1.29 is 14.4 Å². The molecule has 0 saturated carbocycles. The molecule has 0 radical (unpaired) electrons. The molecule has 1 saturated heterocycles. The van der Waals surface area contributed by atoms with Gasteiger partial charge in [-0.3, -0.25) is 19.4 Å². The molecule has 0 aromatic heterocycles. The van der Waals surface area contributed by atoms with Crippen LogP contribution >= 0.6 is 12.2 Å². The maximum absolute atomic E-state index is 11.0. The van der Waals surface area contributed by atoms with Crippen molar-refractivity contribution in [1.29, 1.82) is 0 Å². The van der Waals surface area contributed by atoms with Crippen LogP contribution in [0, 0.1) is 0 Å². The van der Waals surface area contributed by atoms with Crippen molar-refractivity contribution in [2.24, 2.45) is 0 Å². The molecule has 0 spiro atoms. The highest BCUT2D eigenvalue weighted by atomic mass is 32.1. The number of barbiturate groups is 1. The molecule has 1 aliphatic rings. The Kier molecular flexibility index (Phi) is 1.93. The van der Waals surface area contributed by atoms with Gasteiger partial charge in [0.05, 0.1) is 0 Å². The van der Waals surface area contributed by atoms with Gasteiger partial charge in [0.1, 0.15) is 0 Å². The van der Waals surface area contributed by atoms with Crippen molar-refractivity contribution in [2.45, 2.75) is 0 Å². The number of imide groups is 2. The third kappa shape index (κ3) is 1.00. The molecule has 0 unspecified atom stereocenters. The number of rotatable bonds is 0. The summed E-state index contributed by atoms with van der Waals surface area (Å²) in [4.78, 5) is 34.3. The molecule has 1 aliphatic heterocycles. The number of carbonyl (C=O) groups is 3. The molecule has 0 aliphatic carbocycles. The van der Waals surface area contributed by atoms with Crippen LogP contribution in [0.15, 0.2) is 0 Å². The summed E-state index contributed by atoms with van der Waals surface area (Å²) in [6, 6.07) is -0.654. The molecule has 0 N–H and O–H groups in total. The Balaban J connectivity index is 3.07. The van der Waals surface area contributed by atoms with Gasteiger partial charge in [0.2, 0.25) is 0 Å². The van der Waals surface area contributed by atoms with E-state index in [1.54, 1.807) is 0 Å². The molecular weight excluding hydrogens is 180 g/mol. The van der Waals surface area contributed by atoms with Gasteiger partial charge in [-0.05, 0) is 0 Å². The highest BCUT2D eigenvalue weighted by molar-refractivity contribution is 7.84. The number of hydrogen-bond acceptors (Lipinski definition) is 4. The first-order valence-corrected chi connectivity index (χ1v) is 3.51. The van der Waals surface area contributed by atoms with Gasteiger partial charge in [0.15, 0.2) is 4.86 Å². The van der Waals surface area contributed by atoms with Crippen LogP contribution in [0.4, 0.5) is 4.79 Å². The Morgan fingerprint density at radius 3 is 1.67 bits per heavy atom. The van der Waals surface area contributed by atoms with Crippen molar-refractivity contribution in [1.82, 2.24) is 9.80 Å². The molecular formula is C6H6N2O3S. The third-order valence-corrected chi connectivity index (χ3v) is 1.92. The first-order valence-electron chi connectivity index (χ1n) is 3.11. The lowest BCUT2D eigenvalue weighted by atomic mass is 10.3. The fourth-order valence-corrected chi connectivity index (χ4v) is 1.07. The number of thiocarbonyl (C=S) groups is 1. The topological polar surface area (TPSA) is 57.7 Å². The lowest BCUT2D eigenvalue weighted by molar-refractivity contribution is -0.128. The monoisotopic (exact) mass is 186 g/mol. The van der Waals surface area contributed by atoms with E-state index < -0.39 is 17.8 Å². The minimum atomic E-state index is -0.710. The van der Waals surface area contributed by atoms with Crippen molar-refractivity contribution in [2.75, 3.05) is 14.1 Å². The van der Waals surface area contributed by atoms with Gasteiger partial charge < -0.3 is 0 Å². The molecule has 6 heteroatoms. The van der Waals surface area contributed by atoms with E-state index in [1.165, 1.54) is 14.1 Å². The average Bonchev–Trinajstić information content (AvgIpc) is 2.08. The van der Waals surface area contributed by atoms with Gasteiger partial charge in [-0.15, -0.1) is 0 Å². The van der Waals surface area contributed by atoms with Crippen LogP contribution in [-0.4, -0.2) is 46.6 Å². The van der Waals surface area contributed by atoms with E-state index in [2.05, 4.69) is 12.2 Å². The van der Waals surface area contributed by atoms with Crippen LogP contribution in [0.5, 0.6) is 0 Å². The van der Waals surface area contributed by atoms with E-state index in [9.17, 15) is 14.4 Å². The Bertz CT molecular complexity index is 273. The summed E-state index contributed by atoms with van der Waals surface area (Å²) in [5.41, 5.74) is 0. The molecule has 0 atom stereocenters. The normalized spacial score (nSPS) is 19.2. The molecule has 4 amide bonds. The Labute approximate surface area is 73.9 Å². The molecule has 0 aromatic rings. The summed E-state index contributed by atoms with van der Waals surface area (Å²) in [6.07, 6.45) is 0. The summed E-state index contributed by atoms with van der Waals surface area (Å²) in [5.74, 6) is -1.42. The standard InChI is InChI=1S/C6H6N2O3S/c1-7-4(9)3(12)5(10)8(2)6(7)11/h1-2H3. The second kappa shape index (κ2) is 2.63. The number of carbonyl (C=O) groups excluding carboxylic acids is 3. The van der Waals surface area contributed by atoms with Gasteiger partial charge in [0, 0.05) is 14.1 Å². The van der Waals surface area contributed by atoms with Crippen molar-refractivity contribution in [3.8, 4) is 0 Å². The Hall–Kier alpha value is -1.30. The van der Waals surface area contributed by atoms with Gasteiger partial charge >= 0.3 is 6.03 Å². The van der Waals surface area contributed by atoms with Crippen LogP contribution in [0.3, 0.4) is 0 Å². The first-order chi connectivity index (χ1) is 5.46. The van der Waals surface area contributed by atoms with Crippen LogP contribution in [0.25, 0.3) is 0 Å². The number of hydrogen-bond donors (Lipinski definition) is 0. The molecule has 0 aromatic carbocycles. The summed E-state index contributed by atoms with van der Waals surface area (Å²) in [6.45, 7) is 0. The summed E-state index contributed by atoms with van der Waals surface area (Å²) >= 11 is 4.52. The zero-order valence-corrected chi connectivity index (χ0v) is 7.34. The zero-order chi connectivity index (χ0) is 9.46. The summed E-state index contributed by atoms with van der Waals surface area (Å²) in [5, 5.41) is 0. The molecule has 64 valence electrons. The number of urea groups is 1. The van der Waals surface area contributed by atoms with E-state index in [0.29, 0.717) is 0 Å². The molecule has 12 heavy (non-hydrogen) atoms. The van der Waals surface area contributed by atoms with Crippen molar-refractivity contribution in [3.05, 3.63) is 0 Å². The predicted molar refractivity (Wildman–Crippen MR) is 43.5 cm³/mol. The van der Waals surface area contributed by atoms with Gasteiger partial charge in [-0.2, -0.15) is 0 Å². The SMILES string of the molecule is CN1C(=O)C(=S)C(=O)N(C)C1=O. The summed E-state index contributed by atoms with van der Waals surface area (Å²) < 4.78 is 0. The quantitative estimate of drug-likeness (QED) is 0.474. The minimum Gasteiger partial charge on any atom is -0.267 e. The fraction of sp³-hybridized carbons (Fsp3) is 0.333.